The van der Waals surface area contributed by atoms with E-state index in [1.54, 1.807) is 17.1 Å². The minimum Gasteiger partial charge on any atom is -0.392 e. The third kappa shape index (κ3) is 5.10. The number of rotatable bonds is 5. The molecule has 0 saturated carbocycles. The molecule has 1 aromatic carbocycles. The van der Waals surface area contributed by atoms with E-state index in [9.17, 15) is 9.50 Å². The Morgan fingerprint density at radius 1 is 1.32 bits per heavy atom. The van der Waals surface area contributed by atoms with Crippen LogP contribution in [-0.2, 0) is 26.1 Å². The molecule has 2 aromatic rings. The Morgan fingerprint density at radius 2 is 2.10 bits per heavy atom. The lowest BCUT2D eigenvalue weighted by Crippen LogP contribution is -2.33. The average molecular weight is 577 g/mol. The van der Waals surface area contributed by atoms with Gasteiger partial charge in [0, 0.05) is 13.0 Å². The monoisotopic (exact) mass is 576 g/mol. The summed E-state index contributed by atoms with van der Waals surface area (Å²) in [5, 5.41) is 23.1. The molecular weight excluding hydrogens is 553 g/mol. The van der Waals surface area contributed by atoms with E-state index in [0.717, 1.165) is 35.6 Å². The molecule has 1 unspecified atom stereocenters. The van der Waals surface area contributed by atoms with Crippen molar-refractivity contribution in [3.8, 4) is 0 Å². The molecule has 2 aliphatic rings. The normalized spacial score (nSPS) is 16.1. The summed E-state index contributed by atoms with van der Waals surface area (Å²) in [5.41, 5.74) is 4.82. The Morgan fingerprint density at radius 3 is 2.81 bits per heavy atom. The molecule has 1 aromatic heterocycles. The van der Waals surface area contributed by atoms with Gasteiger partial charge in [-0.3, -0.25) is 0 Å². The quantitative estimate of drug-likeness (QED) is 0.418. The number of hydrazone groups is 1. The van der Waals surface area contributed by atoms with E-state index in [1.165, 1.54) is 12.1 Å². The molecular formula is C20H24ClFIN6OP. The Bertz CT molecular complexity index is 1030. The van der Waals surface area contributed by atoms with Crippen molar-refractivity contribution in [2.75, 3.05) is 6.54 Å². The maximum absolute atomic E-state index is 13.4. The molecule has 166 valence electrons. The van der Waals surface area contributed by atoms with E-state index in [1.807, 2.05) is 18.5 Å². The molecule has 31 heavy (non-hydrogen) atoms. The Hall–Kier alpha value is -1.55. The van der Waals surface area contributed by atoms with Gasteiger partial charge in [-0.1, -0.05) is 43.3 Å². The van der Waals surface area contributed by atoms with Crippen LogP contribution in [0.2, 0.25) is 0 Å². The highest BCUT2D eigenvalue weighted by atomic mass is 127. The summed E-state index contributed by atoms with van der Waals surface area (Å²) in [5.74, 6) is -0.364. The zero-order chi connectivity index (χ0) is 22.5. The topological polar surface area (TPSA) is 69.8 Å². The number of aromatic nitrogens is 3. The first-order valence-corrected chi connectivity index (χ1v) is 14.3. The van der Waals surface area contributed by atoms with Crippen LogP contribution in [0.5, 0.6) is 0 Å². The van der Waals surface area contributed by atoms with Crippen molar-refractivity contribution in [1.82, 2.24) is 24.7 Å². The second-order valence-corrected chi connectivity index (χ2v) is 9.09. The lowest BCUT2D eigenvalue weighted by atomic mass is 10.1. The van der Waals surface area contributed by atoms with Gasteiger partial charge in [-0.2, -0.15) is 5.10 Å². The largest absolute Gasteiger partial charge is 0.392 e. The predicted octanol–water partition coefficient (Wildman–Crippen LogP) is 4.55. The van der Waals surface area contributed by atoms with Crippen LogP contribution < -0.4 is 0 Å². The summed E-state index contributed by atoms with van der Waals surface area (Å²) >= 11 is 8.78. The zero-order valence-corrected chi connectivity index (χ0v) is 21.2. The minimum absolute atomic E-state index is 0.220. The van der Waals surface area contributed by atoms with Crippen molar-refractivity contribution in [3.05, 3.63) is 69.5 Å². The highest BCUT2D eigenvalue weighted by Gasteiger charge is 2.27. The van der Waals surface area contributed by atoms with Gasteiger partial charge in [0.05, 0.1) is 54.4 Å². The lowest BCUT2D eigenvalue weighted by molar-refractivity contribution is 0.279. The second-order valence-electron chi connectivity index (χ2n) is 6.67. The number of halogens is 3. The maximum Gasteiger partial charge on any atom is 0.123 e. The number of hydrogen-bond donors (Lipinski definition) is 1. The summed E-state index contributed by atoms with van der Waals surface area (Å²) in [6.07, 6.45) is 2.94. The summed E-state index contributed by atoms with van der Waals surface area (Å²) in [7, 11) is 0. The summed E-state index contributed by atoms with van der Waals surface area (Å²) in [6, 6.07) is 4.42. The van der Waals surface area contributed by atoms with Gasteiger partial charge in [0.1, 0.15) is 11.5 Å². The number of fused-ring (bicyclic) bond motifs is 1. The van der Waals surface area contributed by atoms with E-state index in [0.29, 0.717) is 35.8 Å². The number of allylic oxidation sites excluding steroid dienone is 2. The van der Waals surface area contributed by atoms with E-state index in [4.69, 9.17) is 11.6 Å². The van der Waals surface area contributed by atoms with Crippen molar-refractivity contribution < 1.29 is 9.50 Å². The molecule has 3 heterocycles. The molecule has 0 saturated heterocycles. The smallest absolute Gasteiger partial charge is 0.123 e. The van der Waals surface area contributed by atoms with Gasteiger partial charge in [0.25, 0.3) is 0 Å². The first-order chi connectivity index (χ1) is 15.0. The Labute approximate surface area is 201 Å². The van der Waals surface area contributed by atoms with Crippen LogP contribution in [0.15, 0.2) is 46.3 Å². The van der Waals surface area contributed by atoms with Crippen LogP contribution in [0.1, 0.15) is 36.4 Å². The molecule has 1 atom stereocenters. The maximum atomic E-state index is 13.4. The molecule has 0 fully saturated rings. The molecule has 0 radical (unpaired) electrons. The Kier molecular flexibility index (Phi) is 8.43. The summed E-state index contributed by atoms with van der Waals surface area (Å²) in [6.45, 7) is 9.56. The van der Waals surface area contributed by atoms with E-state index in [-0.39, 0.29) is 12.4 Å². The first-order valence-electron chi connectivity index (χ1n) is 9.85. The minimum atomic E-state index is -0.364. The van der Waals surface area contributed by atoms with Crippen LogP contribution >= 0.6 is 40.0 Å². The molecule has 0 spiro atoms. The number of aliphatic hydroxyl groups is 1. The molecule has 7 nitrogen and oxygen atoms in total. The van der Waals surface area contributed by atoms with Crippen LogP contribution in [0.4, 0.5) is 4.39 Å². The highest BCUT2D eigenvalue weighted by Crippen LogP contribution is 2.39. The number of benzene rings is 1. The predicted molar refractivity (Wildman–Crippen MR) is 132 cm³/mol. The van der Waals surface area contributed by atoms with Gasteiger partial charge >= 0.3 is 0 Å². The van der Waals surface area contributed by atoms with Crippen LogP contribution in [0.3, 0.4) is 0 Å². The van der Waals surface area contributed by atoms with Crippen molar-refractivity contribution in [3.63, 3.8) is 0 Å². The molecule has 11 heteroatoms. The molecule has 1 N–H and O–H groups in total. The Balaban J connectivity index is 0.00000132. The van der Waals surface area contributed by atoms with Crippen molar-refractivity contribution in [1.29, 1.82) is 0 Å². The molecule has 0 amide bonds. The van der Waals surface area contributed by atoms with E-state index >= 15 is 0 Å². The van der Waals surface area contributed by atoms with Crippen LogP contribution in [0, 0.1) is 5.82 Å². The van der Waals surface area contributed by atoms with Gasteiger partial charge in [-0.15, -0.1) is 5.10 Å². The van der Waals surface area contributed by atoms with Gasteiger partial charge in [0.15, 0.2) is 0 Å². The summed E-state index contributed by atoms with van der Waals surface area (Å²) in [4.78, 5) is 2.13. The zero-order valence-electron chi connectivity index (χ0n) is 17.3. The fourth-order valence-corrected chi connectivity index (χ4v) is 5.31. The van der Waals surface area contributed by atoms with Gasteiger partial charge in [0.2, 0.25) is 0 Å². The van der Waals surface area contributed by atoms with Crippen molar-refractivity contribution in [2.45, 2.75) is 40.0 Å². The molecule has 0 bridgehead atoms. The fraction of sp³-hybridized carbons (Fsp3) is 0.350. The van der Waals surface area contributed by atoms with Gasteiger partial charge < -0.3 is 10.0 Å². The summed E-state index contributed by atoms with van der Waals surface area (Å²) < 4.78 is 17.0. The van der Waals surface area contributed by atoms with Gasteiger partial charge in [-0.25, -0.2) is 13.9 Å². The van der Waals surface area contributed by atoms with E-state index < -0.39 is 0 Å². The van der Waals surface area contributed by atoms with E-state index in [2.05, 4.69) is 48.9 Å². The third-order valence-corrected chi connectivity index (χ3v) is 7.31. The van der Waals surface area contributed by atoms with Gasteiger partial charge in [-0.05, 0) is 45.3 Å². The molecule has 2 aliphatic heterocycles. The van der Waals surface area contributed by atoms with Crippen LogP contribution in [-0.4, -0.2) is 42.5 Å². The second kappa shape index (κ2) is 10.8. The number of nitrogens with zero attached hydrogens (tertiary/aromatic N) is 6. The lowest BCUT2D eigenvalue weighted by Gasteiger charge is -2.33. The standard InChI is InChI=1S/C18H18ClFIN6OP.C2H6/c1-11-18(19)17(7-22-27(11)29-21)25-5-4-16-15(9-25)23-24-26(16)8-12-2-3-14(20)6-13(12)10-28;1-2/h2-3,6-7,28-29H,1,4-5,8-10H2;1-2H3. The number of aliphatic hydroxyl groups excluding tert-OH is 1. The van der Waals surface area contributed by atoms with Crippen LogP contribution in [0.25, 0.3) is 0 Å². The first kappa shape index (κ1) is 24.1. The van der Waals surface area contributed by atoms with Crippen molar-refractivity contribution >= 4 is 46.2 Å². The molecule has 4 rings (SSSR count). The fourth-order valence-electron chi connectivity index (χ4n) is 3.43. The third-order valence-electron chi connectivity index (χ3n) is 4.99. The molecule has 0 aliphatic carbocycles. The highest BCUT2D eigenvalue weighted by molar-refractivity contribution is 14.2. The van der Waals surface area contributed by atoms with Crippen molar-refractivity contribution in [2.24, 2.45) is 5.10 Å². The number of hydrogen-bond acceptors (Lipinski definition) is 6. The average Bonchev–Trinajstić information content (AvgIpc) is 3.20. The SMILES string of the molecule is C=C1C(Cl)=C(N2CCc3c(nnn3Cc3ccc(F)cc3CO)C2)C=NN1PI.CC.